The van der Waals surface area contributed by atoms with Crippen molar-refractivity contribution in [3.8, 4) is 17.0 Å². The van der Waals surface area contributed by atoms with Crippen molar-refractivity contribution in [3.63, 3.8) is 0 Å². The van der Waals surface area contributed by atoms with Gasteiger partial charge in [-0.25, -0.2) is 4.79 Å². The maximum atomic E-state index is 13.7. The molecule has 5 aromatic rings. The van der Waals surface area contributed by atoms with Crippen LogP contribution in [0.5, 0.6) is 5.75 Å². The summed E-state index contributed by atoms with van der Waals surface area (Å²) in [6.07, 6.45) is 4.96. The molecule has 0 spiro atoms. The Morgan fingerprint density at radius 3 is 2.39 bits per heavy atom. The number of morpholine rings is 1. The molecule has 0 bridgehead atoms. The monoisotopic (exact) mass is 825 g/mol. The molecule has 4 saturated heterocycles. The van der Waals surface area contributed by atoms with Crippen LogP contribution in [0, 0.1) is 12.8 Å². The molecule has 4 amide bonds. The predicted molar refractivity (Wildman–Crippen MR) is 236 cm³/mol. The number of hydrogen-bond donors (Lipinski definition) is 3. The summed E-state index contributed by atoms with van der Waals surface area (Å²) >= 11 is 0. The number of nitrogen functional groups attached to an aromatic ring is 1. The molecule has 4 aliphatic heterocycles. The molecule has 2 aromatic heterocycles. The molecule has 14 nitrogen and oxygen atoms in total. The van der Waals surface area contributed by atoms with Gasteiger partial charge in [0, 0.05) is 87.0 Å². The Labute approximate surface area is 356 Å². The first-order valence-corrected chi connectivity index (χ1v) is 21.8. The second-order valence-electron chi connectivity index (χ2n) is 17.1. The topological polar surface area (TPSA) is 162 Å². The summed E-state index contributed by atoms with van der Waals surface area (Å²) in [5, 5.41) is 22.5. The van der Waals surface area contributed by atoms with Crippen LogP contribution in [-0.2, 0) is 9.53 Å². The Morgan fingerprint density at radius 1 is 0.885 bits per heavy atom. The number of aromatic hydroxyl groups is 1. The number of carbonyl (C=O) groups is 3. The van der Waals surface area contributed by atoms with Gasteiger partial charge in [0.2, 0.25) is 5.91 Å². The number of nitrogens with two attached hydrogens (primary N) is 1. The average Bonchev–Trinajstić information content (AvgIpc) is 3.63. The highest BCUT2D eigenvalue weighted by Gasteiger charge is 2.32. The summed E-state index contributed by atoms with van der Waals surface area (Å²) in [7, 11) is 0. The molecular formula is C47H55N9O5. The van der Waals surface area contributed by atoms with Crippen LogP contribution in [-0.4, -0.2) is 106 Å². The Hall–Kier alpha value is -5.99. The number of nitrogens with zero attached hydrogens (tertiary/aromatic N) is 7. The number of hydrogen-bond acceptors (Lipinski definition) is 10. The van der Waals surface area contributed by atoms with E-state index in [0.717, 1.165) is 92.7 Å². The second kappa shape index (κ2) is 17.2. The summed E-state index contributed by atoms with van der Waals surface area (Å²) in [6, 6.07) is 25.2. The minimum Gasteiger partial charge on any atom is -0.507 e. The lowest BCUT2D eigenvalue weighted by Gasteiger charge is -2.39. The first kappa shape index (κ1) is 40.4. The molecule has 0 radical (unpaired) electrons. The van der Waals surface area contributed by atoms with E-state index in [1.54, 1.807) is 17.0 Å². The summed E-state index contributed by atoms with van der Waals surface area (Å²) < 4.78 is 8.98. The van der Waals surface area contributed by atoms with E-state index in [-0.39, 0.29) is 35.8 Å². The van der Waals surface area contributed by atoms with Gasteiger partial charge in [-0.1, -0.05) is 37.3 Å². The molecule has 3 aromatic carbocycles. The Kier molecular flexibility index (Phi) is 11.4. The van der Waals surface area contributed by atoms with Gasteiger partial charge in [-0.15, -0.1) is 10.2 Å². The third kappa shape index (κ3) is 8.26. The number of para-hydroxylation sites is 1. The average molecular weight is 826 g/mol. The third-order valence-electron chi connectivity index (χ3n) is 13.2. The van der Waals surface area contributed by atoms with Gasteiger partial charge in [-0.05, 0) is 99.0 Å². The highest BCUT2D eigenvalue weighted by Crippen LogP contribution is 2.38. The second-order valence-corrected chi connectivity index (χ2v) is 17.1. The molecule has 0 saturated carbocycles. The van der Waals surface area contributed by atoms with Crippen molar-refractivity contribution in [2.45, 2.75) is 70.6 Å². The number of piperidine rings is 2. The van der Waals surface area contributed by atoms with Gasteiger partial charge in [0.25, 0.3) is 5.91 Å². The first-order chi connectivity index (χ1) is 29.6. The lowest BCUT2D eigenvalue weighted by molar-refractivity contribution is -0.120. The quantitative estimate of drug-likeness (QED) is 0.146. The zero-order valence-corrected chi connectivity index (χ0v) is 35.0. The Morgan fingerprint density at radius 2 is 1.66 bits per heavy atom. The van der Waals surface area contributed by atoms with E-state index in [2.05, 4.69) is 55.9 Å². The summed E-state index contributed by atoms with van der Waals surface area (Å²) in [6.45, 7) is 10.5. The molecule has 6 heterocycles. The maximum absolute atomic E-state index is 13.7. The Balaban J connectivity index is 0.778. The first-order valence-electron chi connectivity index (χ1n) is 21.8. The van der Waals surface area contributed by atoms with Crippen molar-refractivity contribution in [1.82, 2.24) is 29.9 Å². The summed E-state index contributed by atoms with van der Waals surface area (Å²) in [5.41, 5.74) is 13.1. The number of ether oxygens (including phenoxy) is 1. The van der Waals surface area contributed by atoms with E-state index in [1.165, 1.54) is 5.69 Å². The molecule has 2 atom stereocenters. The van der Waals surface area contributed by atoms with E-state index >= 15 is 0 Å². The molecular weight excluding hydrogens is 771 g/mol. The number of urea groups is 1. The molecule has 4 fully saturated rings. The van der Waals surface area contributed by atoms with Gasteiger partial charge in [-0.3, -0.25) is 19.8 Å². The van der Waals surface area contributed by atoms with Crippen molar-refractivity contribution < 1.29 is 24.2 Å². The lowest BCUT2D eigenvalue weighted by atomic mass is 9.94. The normalized spacial score (nSPS) is 21.0. The Bertz CT molecular complexity index is 2420. The zero-order chi connectivity index (χ0) is 42.2. The van der Waals surface area contributed by atoms with Gasteiger partial charge >= 0.3 is 6.03 Å². The van der Waals surface area contributed by atoms with Gasteiger partial charge < -0.3 is 34.8 Å². The van der Waals surface area contributed by atoms with Crippen LogP contribution < -0.4 is 20.9 Å². The van der Waals surface area contributed by atoms with Crippen molar-refractivity contribution in [3.05, 3.63) is 95.7 Å². The van der Waals surface area contributed by atoms with Crippen LogP contribution in [0.4, 0.5) is 22.0 Å². The summed E-state index contributed by atoms with van der Waals surface area (Å²) in [4.78, 5) is 46.7. The lowest BCUT2D eigenvalue weighted by Crippen LogP contribution is -2.49. The van der Waals surface area contributed by atoms with Crippen LogP contribution in [0.1, 0.15) is 79.2 Å². The number of carbonyl (C=O) groups excluding carboxylic acids is 3. The maximum Gasteiger partial charge on any atom is 0.328 e. The number of phenols is 1. The molecule has 0 aliphatic carbocycles. The smallest absolute Gasteiger partial charge is 0.328 e. The van der Waals surface area contributed by atoms with Gasteiger partial charge in [0.1, 0.15) is 11.9 Å². The van der Waals surface area contributed by atoms with Crippen molar-refractivity contribution in [2.75, 3.05) is 67.9 Å². The van der Waals surface area contributed by atoms with E-state index in [4.69, 9.17) is 10.5 Å². The molecule has 0 unspecified atom stereocenters. The SMILES string of the molecule is CC[C@H]1CN(c2cc(-c3ccccc3O)nnc2N)C[C@@H](c2ccc(C(=O)N3CCC(CN4CCC(n5c(C)cc6c(N7CCC(=O)NC7=O)cccc65)CC4)CC3)cc2)O1. The van der Waals surface area contributed by atoms with Crippen LogP contribution in [0.25, 0.3) is 22.2 Å². The number of imide groups is 1. The van der Waals surface area contributed by atoms with Crippen LogP contribution in [0.2, 0.25) is 0 Å². The fraction of sp³-hybridized carbons (Fsp3) is 0.426. The molecule has 318 valence electrons. The largest absolute Gasteiger partial charge is 0.507 e. The van der Waals surface area contributed by atoms with Gasteiger partial charge in [0.05, 0.1) is 28.7 Å². The molecule has 4 N–H and O–H groups in total. The number of aryl methyl sites for hydroxylation is 1. The number of fused-ring (bicyclic) bond motifs is 1. The number of aromatic nitrogens is 3. The number of amides is 4. The zero-order valence-electron chi connectivity index (χ0n) is 35.0. The molecule has 14 heteroatoms. The van der Waals surface area contributed by atoms with Crippen LogP contribution in [0.15, 0.2) is 78.9 Å². The van der Waals surface area contributed by atoms with E-state index in [0.29, 0.717) is 60.7 Å². The fourth-order valence-corrected chi connectivity index (χ4v) is 9.86. The molecule has 9 rings (SSSR count). The highest BCUT2D eigenvalue weighted by molar-refractivity contribution is 6.09. The minimum atomic E-state index is -0.356. The van der Waals surface area contributed by atoms with Crippen molar-refractivity contribution in [1.29, 1.82) is 0 Å². The predicted octanol–water partition coefficient (Wildman–Crippen LogP) is 6.69. The number of benzene rings is 3. The van der Waals surface area contributed by atoms with Crippen molar-refractivity contribution >= 4 is 45.9 Å². The van der Waals surface area contributed by atoms with Gasteiger partial charge in [0.15, 0.2) is 5.82 Å². The van der Waals surface area contributed by atoms with Crippen LogP contribution in [0.3, 0.4) is 0 Å². The molecule has 61 heavy (non-hydrogen) atoms. The number of rotatable bonds is 9. The third-order valence-corrected chi connectivity index (χ3v) is 13.2. The highest BCUT2D eigenvalue weighted by atomic mass is 16.5. The molecule has 4 aliphatic rings. The summed E-state index contributed by atoms with van der Waals surface area (Å²) in [5.74, 6) is 0.856. The van der Waals surface area contributed by atoms with Crippen molar-refractivity contribution in [2.24, 2.45) is 5.92 Å². The van der Waals surface area contributed by atoms with E-state index < -0.39 is 0 Å². The van der Waals surface area contributed by atoms with E-state index in [9.17, 15) is 19.5 Å². The van der Waals surface area contributed by atoms with Crippen LogP contribution >= 0.6 is 0 Å². The number of likely N-dealkylation sites (tertiary alicyclic amines) is 2. The van der Waals surface area contributed by atoms with E-state index in [1.807, 2.05) is 59.5 Å². The minimum absolute atomic E-state index is 0.0293. The number of anilines is 3. The number of phenolic OH excluding ortho intramolecular Hbond substituents is 1. The number of nitrogens with one attached hydrogen (secondary N) is 1. The van der Waals surface area contributed by atoms with Gasteiger partial charge in [-0.2, -0.15) is 0 Å². The standard InChI is InChI=1S/C47H55N9O5/c1-3-35-28-54(41-26-38(50-51-45(41)48)36-7-4-5-10-42(36)57)29-43(61-35)32-11-13-33(14-12-32)46(59)53-22-15-31(16-23-53)27-52-20-17-34(18-21-52)56-30(2)25-37-39(8-6-9-40(37)56)55-24-19-44(58)49-47(55)60/h4-14,25-26,31,34-35,43,57H,3,15-24,27-29H2,1-2H3,(H2,48,51)(H,49,58,60)/t35-,43-/m0/s1. The fourth-order valence-electron chi connectivity index (χ4n) is 9.86.